The maximum atomic E-state index is 11.3. The third-order valence-corrected chi connectivity index (χ3v) is 4.90. The van der Waals surface area contributed by atoms with E-state index in [9.17, 15) is 4.79 Å². The van der Waals surface area contributed by atoms with Crippen LogP contribution in [0.5, 0.6) is 0 Å². The van der Waals surface area contributed by atoms with Gasteiger partial charge in [-0.05, 0) is 67.2 Å². The molecular formula is C19H21ClN2O2. The molecule has 1 fully saturated rings. The van der Waals surface area contributed by atoms with Gasteiger partial charge in [0.05, 0.1) is 0 Å². The van der Waals surface area contributed by atoms with Crippen LogP contribution in [0.1, 0.15) is 40.2 Å². The van der Waals surface area contributed by atoms with Gasteiger partial charge in [0.25, 0.3) is 5.91 Å². The highest BCUT2D eigenvalue weighted by Crippen LogP contribution is 2.29. The van der Waals surface area contributed by atoms with E-state index >= 15 is 0 Å². The Hall–Kier alpha value is -1.88. The molecule has 1 aliphatic heterocycles. The van der Waals surface area contributed by atoms with Crippen molar-refractivity contribution in [3.05, 3.63) is 70.2 Å². The van der Waals surface area contributed by atoms with E-state index in [1.165, 1.54) is 11.1 Å². The van der Waals surface area contributed by atoms with Crippen LogP contribution >= 0.6 is 11.6 Å². The predicted octanol–water partition coefficient (Wildman–Crippen LogP) is 3.84. The van der Waals surface area contributed by atoms with Crippen LogP contribution in [-0.2, 0) is 6.54 Å². The van der Waals surface area contributed by atoms with Gasteiger partial charge in [0, 0.05) is 17.1 Å². The number of carbonyl (C=O) groups excluding carboxylic acids is 1. The molecule has 1 heterocycles. The Bertz CT molecular complexity index is 678. The van der Waals surface area contributed by atoms with Crippen LogP contribution in [0.4, 0.5) is 0 Å². The molecule has 0 unspecified atom stereocenters. The molecule has 0 atom stereocenters. The maximum absolute atomic E-state index is 11.3. The highest BCUT2D eigenvalue weighted by atomic mass is 35.5. The highest BCUT2D eigenvalue weighted by Gasteiger charge is 2.20. The number of nitrogens with zero attached hydrogens (tertiary/aromatic N) is 1. The maximum Gasteiger partial charge on any atom is 0.274 e. The molecule has 0 aromatic heterocycles. The van der Waals surface area contributed by atoms with Crippen molar-refractivity contribution in [3.8, 4) is 0 Å². The van der Waals surface area contributed by atoms with Gasteiger partial charge < -0.3 is 0 Å². The lowest BCUT2D eigenvalue weighted by molar-refractivity contribution is 0.0706. The molecule has 3 rings (SSSR count). The second kappa shape index (κ2) is 7.79. The van der Waals surface area contributed by atoms with E-state index in [4.69, 9.17) is 16.8 Å². The van der Waals surface area contributed by atoms with Gasteiger partial charge in [0.1, 0.15) is 0 Å². The van der Waals surface area contributed by atoms with Crippen molar-refractivity contribution in [3.63, 3.8) is 0 Å². The molecule has 2 N–H and O–H groups in total. The number of halogens is 1. The number of piperidine rings is 1. The molecule has 4 nitrogen and oxygen atoms in total. The Morgan fingerprint density at radius 3 is 2.29 bits per heavy atom. The van der Waals surface area contributed by atoms with Gasteiger partial charge in [-0.25, -0.2) is 5.48 Å². The van der Waals surface area contributed by atoms with E-state index in [0.717, 1.165) is 37.5 Å². The Morgan fingerprint density at radius 1 is 1.08 bits per heavy atom. The van der Waals surface area contributed by atoms with Crippen LogP contribution in [0.25, 0.3) is 0 Å². The third-order valence-electron chi connectivity index (χ3n) is 4.65. The topological polar surface area (TPSA) is 52.6 Å². The quantitative estimate of drug-likeness (QED) is 0.654. The summed E-state index contributed by atoms with van der Waals surface area (Å²) in [7, 11) is 0. The van der Waals surface area contributed by atoms with E-state index in [2.05, 4.69) is 17.0 Å². The summed E-state index contributed by atoms with van der Waals surface area (Å²) in [4.78, 5) is 13.8. The van der Waals surface area contributed by atoms with Gasteiger partial charge in [-0.2, -0.15) is 0 Å². The smallest absolute Gasteiger partial charge is 0.274 e. The lowest BCUT2D eigenvalue weighted by Crippen LogP contribution is -2.32. The minimum Gasteiger partial charge on any atom is -0.299 e. The Kier molecular flexibility index (Phi) is 5.51. The van der Waals surface area contributed by atoms with Crippen molar-refractivity contribution >= 4 is 17.5 Å². The number of hydrogen-bond acceptors (Lipinski definition) is 3. The first kappa shape index (κ1) is 17.0. The van der Waals surface area contributed by atoms with Gasteiger partial charge in [0.2, 0.25) is 0 Å². The molecule has 126 valence electrons. The summed E-state index contributed by atoms with van der Waals surface area (Å²) in [5.74, 6) is 0.125. The summed E-state index contributed by atoms with van der Waals surface area (Å²) in [6.45, 7) is 3.01. The summed E-state index contributed by atoms with van der Waals surface area (Å²) in [6.07, 6.45) is 2.29. The van der Waals surface area contributed by atoms with Crippen LogP contribution in [0, 0.1) is 0 Å². The largest absolute Gasteiger partial charge is 0.299 e. The molecule has 2 aromatic carbocycles. The molecule has 1 aliphatic rings. The summed E-state index contributed by atoms with van der Waals surface area (Å²) < 4.78 is 0. The van der Waals surface area contributed by atoms with Crippen LogP contribution in [0.2, 0.25) is 5.02 Å². The van der Waals surface area contributed by atoms with Gasteiger partial charge in [-0.3, -0.25) is 14.9 Å². The lowest BCUT2D eigenvalue weighted by atomic mass is 9.89. The first-order chi connectivity index (χ1) is 11.7. The molecule has 5 heteroatoms. The van der Waals surface area contributed by atoms with E-state index in [-0.39, 0.29) is 0 Å². The third kappa shape index (κ3) is 4.15. The Balaban J connectivity index is 1.53. The summed E-state index contributed by atoms with van der Waals surface area (Å²) in [5, 5.41) is 9.42. The van der Waals surface area contributed by atoms with Crippen LogP contribution in [-0.4, -0.2) is 29.1 Å². The highest BCUT2D eigenvalue weighted by molar-refractivity contribution is 6.30. The number of nitrogens with one attached hydrogen (secondary N) is 1. The fourth-order valence-corrected chi connectivity index (χ4v) is 3.37. The second-order valence-corrected chi connectivity index (χ2v) is 6.68. The van der Waals surface area contributed by atoms with Gasteiger partial charge >= 0.3 is 0 Å². The monoisotopic (exact) mass is 344 g/mol. The van der Waals surface area contributed by atoms with Crippen molar-refractivity contribution in [1.29, 1.82) is 0 Å². The van der Waals surface area contributed by atoms with Crippen molar-refractivity contribution in [2.45, 2.75) is 25.3 Å². The van der Waals surface area contributed by atoms with Crippen molar-refractivity contribution in [2.24, 2.45) is 0 Å². The fraction of sp³-hybridized carbons (Fsp3) is 0.316. The first-order valence-electron chi connectivity index (χ1n) is 8.17. The zero-order chi connectivity index (χ0) is 16.9. The minimum atomic E-state index is -0.481. The van der Waals surface area contributed by atoms with Crippen LogP contribution in [0.15, 0.2) is 48.5 Å². The summed E-state index contributed by atoms with van der Waals surface area (Å²) in [5.41, 5.74) is 4.66. The van der Waals surface area contributed by atoms with Gasteiger partial charge in [0.15, 0.2) is 0 Å². The van der Waals surface area contributed by atoms with E-state index < -0.39 is 5.91 Å². The molecule has 2 aromatic rings. The summed E-state index contributed by atoms with van der Waals surface area (Å²) >= 11 is 5.96. The van der Waals surface area contributed by atoms with Gasteiger partial charge in [-0.15, -0.1) is 0 Å². The predicted molar refractivity (Wildman–Crippen MR) is 94.4 cm³/mol. The van der Waals surface area contributed by atoms with Crippen LogP contribution < -0.4 is 5.48 Å². The molecular weight excluding hydrogens is 324 g/mol. The Morgan fingerprint density at radius 2 is 1.71 bits per heavy atom. The second-order valence-electron chi connectivity index (χ2n) is 6.24. The molecule has 0 radical (unpaired) electrons. The standard InChI is InChI=1S/C19H21ClN2O2/c20-18-7-5-15(6-8-18)16-9-11-22(12-10-16)13-14-1-3-17(4-2-14)19(23)21-24/h1-8,16,24H,9-13H2,(H,21,23). The van der Waals surface area contributed by atoms with Crippen molar-refractivity contribution in [1.82, 2.24) is 10.4 Å². The molecule has 0 bridgehead atoms. The summed E-state index contributed by atoms with van der Waals surface area (Å²) in [6, 6.07) is 15.6. The van der Waals surface area contributed by atoms with Gasteiger partial charge in [-0.1, -0.05) is 35.9 Å². The zero-order valence-electron chi connectivity index (χ0n) is 13.4. The van der Waals surface area contributed by atoms with E-state index in [1.807, 2.05) is 24.3 Å². The van der Waals surface area contributed by atoms with Crippen molar-refractivity contribution in [2.75, 3.05) is 13.1 Å². The lowest BCUT2D eigenvalue weighted by Gasteiger charge is -2.32. The number of hydrogen-bond donors (Lipinski definition) is 2. The average Bonchev–Trinajstić information content (AvgIpc) is 2.63. The average molecular weight is 345 g/mol. The molecule has 24 heavy (non-hydrogen) atoms. The van der Waals surface area contributed by atoms with E-state index in [1.54, 1.807) is 17.6 Å². The number of benzene rings is 2. The molecule has 1 amide bonds. The molecule has 1 saturated heterocycles. The van der Waals surface area contributed by atoms with Crippen molar-refractivity contribution < 1.29 is 10.0 Å². The first-order valence-corrected chi connectivity index (χ1v) is 8.54. The van der Waals surface area contributed by atoms with Crippen LogP contribution in [0.3, 0.4) is 0 Å². The number of amides is 1. The van der Waals surface area contributed by atoms with E-state index in [0.29, 0.717) is 11.5 Å². The number of hydroxylamine groups is 1. The number of likely N-dealkylation sites (tertiary alicyclic amines) is 1. The molecule has 0 saturated carbocycles. The molecule has 0 aliphatic carbocycles. The molecule has 0 spiro atoms. The fourth-order valence-electron chi connectivity index (χ4n) is 3.24. The Labute approximate surface area is 147 Å². The minimum absolute atomic E-state index is 0.461. The number of rotatable bonds is 4. The zero-order valence-corrected chi connectivity index (χ0v) is 14.2. The number of carbonyl (C=O) groups is 1. The normalized spacial score (nSPS) is 16.1. The SMILES string of the molecule is O=C(NO)c1ccc(CN2CCC(c3ccc(Cl)cc3)CC2)cc1.